The van der Waals surface area contributed by atoms with Crippen LogP contribution in [0.4, 0.5) is 0 Å². The Bertz CT molecular complexity index is 570. The molecule has 2 rings (SSSR count). The molecule has 0 radical (unpaired) electrons. The molecule has 0 aliphatic carbocycles. The van der Waals surface area contributed by atoms with Crippen LogP contribution in [0.25, 0.3) is 0 Å². The summed E-state index contributed by atoms with van der Waals surface area (Å²) in [5.74, 6) is 0.671. The van der Waals surface area contributed by atoms with Crippen molar-refractivity contribution in [3.8, 4) is 0 Å². The first kappa shape index (κ1) is 15.8. The van der Waals surface area contributed by atoms with Crippen LogP contribution in [-0.4, -0.2) is 43.6 Å². The molecule has 1 aromatic rings. The summed E-state index contributed by atoms with van der Waals surface area (Å²) < 4.78 is 33.9. The molecular formula is C13H21ClN2O3S. The molecule has 1 fully saturated rings. The summed E-state index contributed by atoms with van der Waals surface area (Å²) in [5.41, 5.74) is 0.791. The Hall–Kier alpha value is -0.560. The molecule has 2 unspecified atom stereocenters. The topological polar surface area (TPSA) is 51.5 Å². The van der Waals surface area contributed by atoms with Crippen molar-refractivity contribution in [1.29, 1.82) is 0 Å². The predicted octanol–water partition coefficient (Wildman–Crippen LogP) is 1.81. The van der Waals surface area contributed by atoms with Crippen molar-refractivity contribution in [2.24, 2.45) is 13.0 Å². The van der Waals surface area contributed by atoms with Gasteiger partial charge in [-0.25, -0.2) is 8.42 Å². The maximum Gasteiger partial charge on any atom is 0.244 e. The van der Waals surface area contributed by atoms with Crippen LogP contribution in [0.15, 0.2) is 17.2 Å². The lowest BCUT2D eigenvalue weighted by Crippen LogP contribution is -2.46. The van der Waals surface area contributed by atoms with Crippen LogP contribution in [0.1, 0.15) is 19.0 Å². The molecule has 0 amide bonds. The molecular weight excluding hydrogens is 300 g/mol. The van der Waals surface area contributed by atoms with Gasteiger partial charge in [0, 0.05) is 39.1 Å². The van der Waals surface area contributed by atoms with E-state index in [4.69, 9.17) is 16.3 Å². The van der Waals surface area contributed by atoms with Gasteiger partial charge in [-0.05, 0) is 18.4 Å². The van der Waals surface area contributed by atoms with E-state index >= 15 is 0 Å². The average Bonchev–Trinajstić information content (AvgIpc) is 2.81. The van der Waals surface area contributed by atoms with Crippen molar-refractivity contribution < 1.29 is 13.2 Å². The van der Waals surface area contributed by atoms with Gasteiger partial charge < -0.3 is 9.30 Å². The molecule has 2 atom stereocenters. The van der Waals surface area contributed by atoms with E-state index in [0.29, 0.717) is 29.8 Å². The quantitative estimate of drug-likeness (QED) is 0.795. The van der Waals surface area contributed by atoms with Crippen LogP contribution in [-0.2, 0) is 27.7 Å². The van der Waals surface area contributed by atoms with Crippen LogP contribution in [0.5, 0.6) is 0 Å². The highest BCUT2D eigenvalue weighted by molar-refractivity contribution is 7.89. The number of nitrogens with zero attached hydrogens (tertiary/aromatic N) is 2. The van der Waals surface area contributed by atoms with E-state index in [2.05, 4.69) is 6.92 Å². The van der Waals surface area contributed by atoms with Crippen molar-refractivity contribution in [3.05, 3.63) is 18.0 Å². The molecule has 5 nitrogen and oxygen atoms in total. The van der Waals surface area contributed by atoms with Gasteiger partial charge in [-0.15, -0.1) is 11.6 Å². The Labute approximate surface area is 125 Å². The Morgan fingerprint density at radius 3 is 2.75 bits per heavy atom. The highest BCUT2D eigenvalue weighted by Gasteiger charge is 2.34. The second-order valence-electron chi connectivity index (χ2n) is 5.31. The zero-order valence-corrected chi connectivity index (χ0v) is 13.6. The Balaban J connectivity index is 2.25. The Morgan fingerprint density at radius 1 is 1.50 bits per heavy atom. The van der Waals surface area contributed by atoms with Gasteiger partial charge in [0.25, 0.3) is 0 Å². The van der Waals surface area contributed by atoms with Crippen molar-refractivity contribution in [2.75, 3.05) is 20.2 Å². The van der Waals surface area contributed by atoms with Gasteiger partial charge >= 0.3 is 0 Å². The summed E-state index contributed by atoms with van der Waals surface area (Å²) in [6.45, 7) is 3.03. The minimum absolute atomic E-state index is 0.0465. The molecule has 1 saturated heterocycles. The lowest BCUT2D eigenvalue weighted by atomic mass is 9.97. The zero-order valence-electron chi connectivity index (χ0n) is 12.0. The van der Waals surface area contributed by atoms with Gasteiger partial charge in [0.1, 0.15) is 4.90 Å². The average molecular weight is 321 g/mol. The summed E-state index contributed by atoms with van der Waals surface area (Å²) >= 11 is 5.80. The molecule has 1 aromatic heterocycles. The van der Waals surface area contributed by atoms with E-state index < -0.39 is 10.0 Å². The van der Waals surface area contributed by atoms with Crippen LogP contribution < -0.4 is 0 Å². The Kier molecular flexibility index (Phi) is 4.79. The van der Waals surface area contributed by atoms with Crippen molar-refractivity contribution in [2.45, 2.75) is 30.2 Å². The number of hydrogen-bond acceptors (Lipinski definition) is 3. The summed E-state index contributed by atoms with van der Waals surface area (Å²) in [7, 11) is -0.0374. The molecule has 2 heterocycles. The number of aromatic nitrogens is 1. The molecule has 0 saturated carbocycles. The number of piperidine rings is 1. The SMILES string of the molecule is COC1CN(S(=O)(=O)c2cc(CCl)n(C)c2)CCC1C. The smallest absolute Gasteiger partial charge is 0.244 e. The fourth-order valence-corrected chi connectivity index (χ4v) is 4.36. The minimum atomic E-state index is -3.47. The highest BCUT2D eigenvalue weighted by Crippen LogP contribution is 2.26. The number of aryl methyl sites for hydroxylation is 1. The lowest BCUT2D eigenvalue weighted by molar-refractivity contribution is 0.0184. The van der Waals surface area contributed by atoms with Gasteiger partial charge in [-0.3, -0.25) is 0 Å². The zero-order chi connectivity index (χ0) is 14.9. The standard InChI is InChI=1S/C13H21ClN2O3S/c1-10-4-5-16(9-13(10)19-3)20(17,18)12-6-11(7-14)15(2)8-12/h6,8,10,13H,4-5,7,9H2,1-3H3. The van der Waals surface area contributed by atoms with E-state index in [-0.39, 0.29) is 6.10 Å². The van der Waals surface area contributed by atoms with Crippen LogP contribution >= 0.6 is 11.6 Å². The normalized spacial score (nSPS) is 25.0. The summed E-state index contributed by atoms with van der Waals surface area (Å²) in [4.78, 5) is 0.306. The van der Waals surface area contributed by atoms with Gasteiger partial charge in [-0.2, -0.15) is 4.31 Å². The van der Waals surface area contributed by atoms with Gasteiger partial charge in [0.15, 0.2) is 0 Å². The van der Waals surface area contributed by atoms with E-state index in [1.54, 1.807) is 31.0 Å². The van der Waals surface area contributed by atoms with E-state index in [9.17, 15) is 8.42 Å². The molecule has 1 aliphatic rings. The van der Waals surface area contributed by atoms with Crippen LogP contribution in [0.2, 0.25) is 0 Å². The number of alkyl halides is 1. The van der Waals surface area contributed by atoms with Crippen molar-refractivity contribution >= 4 is 21.6 Å². The van der Waals surface area contributed by atoms with E-state index in [0.717, 1.165) is 12.1 Å². The number of rotatable bonds is 4. The summed E-state index contributed by atoms with van der Waals surface area (Å²) in [5, 5.41) is 0. The number of halogens is 1. The van der Waals surface area contributed by atoms with Crippen LogP contribution in [0, 0.1) is 5.92 Å². The van der Waals surface area contributed by atoms with Gasteiger partial charge in [0.2, 0.25) is 10.0 Å². The largest absolute Gasteiger partial charge is 0.380 e. The fourth-order valence-electron chi connectivity index (χ4n) is 2.53. The number of ether oxygens (including phenoxy) is 1. The first-order valence-corrected chi connectivity index (χ1v) is 8.61. The third-order valence-electron chi connectivity index (χ3n) is 4.01. The molecule has 0 bridgehead atoms. The lowest BCUT2D eigenvalue weighted by Gasteiger charge is -2.35. The number of sulfonamides is 1. The number of methoxy groups -OCH3 is 1. The maximum atomic E-state index is 12.7. The monoisotopic (exact) mass is 320 g/mol. The molecule has 7 heteroatoms. The second-order valence-corrected chi connectivity index (χ2v) is 7.52. The third kappa shape index (κ3) is 2.88. The second kappa shape index (κ2) is 6.05. The highest BCUT2D eigenvalue weighted by atomic mass is 35.5. The van der Waals surface area contributed by atoms with Crippen molar-refractivity contribution in [1.82, 2.24) is 8.87 Å². The Morgan fingerprint density at radius 2 is 2.20 bits per heavy atom. The summed E-state index contributed by atoms with van der Waals surface area (Å²) in [6.07, 6.45) is 2.38. The van der Waals surface area contributed by atoms with Gasteiger partial charge in [0.05, 0.1) is 12.0 Å². The van der Waals surface area contributed by atoms with Crippen molar-refractivity contribution in [3.63, 3.8) is 0 Å². The maximum absolute atomic E-state index is 12.7. The fraction of sp³-hybridized carbons (Fsp3) is 0.692. The van der Waals surface area contributed by atoms with Crippen LogP contribution in [0.3, 0.4) is 0 Å². The predicted molar refractivity (Wildman–Crippen MR) is 78.3 cm³/mol. The van der Waals surface area contributed by atoms with E-state index in [1.807, 2.05) is 0 Å². The first-order valence-electron chi connectivity index (χ1n) is 6.64. The molecule has 1 aliphatic heterocycles. The minimum Gasteiger partial charge on any atom is -0.380 e. The van der Waals surface area contributed by atoms with Gasteiger partial charge in [-0.1, -0.05) is 6.92 Å². The molecule has 0 spiro atoms. The molecule has 0 aromatic carbocycles. The first-order chi connectivity index (χ1) is 9.40. The summed E-state index contributed by atoms with van der Waals surface area (Å²) in [6, 6.07) is 1.64. The molecule has 114 valence electrons. The third-order valence-corrected chi connectivity index (χ3v) is 6.12. The van der Waals surface area contributed by atoms with E-state index in [1.165, 1.54) is 4.31 Å². The molecule has 20 heavy (non-hydrogen) atoms. The number of hydrogen-bond donors (Lipinski definition) is 0. The molecule has 0 N–H and O–H groups in total.